The summed E-state index contributed by atoms with van der Waals surface area (Å²) >= 11 is 0. The van der Waals surface area contributed by atoms with Gasteiger partial charge in [-0.15, -0.1) is 0 Å². The smallest absolute Gasteiger partial charge is 0.326 e. The molecule has 17 heteroatoms. The molecule has 0 unspecified atom stereocenters. The first kappa shape index (κ1) is 39.4. The lowest BCUT2D eigenvalue weighted by Crippen LogP contribution is -2.47. The molecule has 5 rings (SSSR count). The molecule has 17 nitrogen and oxygen atoms in total. The van der Waals surface area contributed by atoms with E-state index in [0.717, 1.165) is 24.1 Å². The molecule has 2 amide bonds. The van der Waals surface area contributed by atoms with Gasteiger partial charge in [-0.1, -0.05) is 44.2 Å². The number of carbonyl (C=O) groups is 3. The molecule has 0 saturated carbocycles. The molecule has 0 aliphatic carbocycles. The van der Waals surface area contributed by atoms with Gasteiger partial charge >= 0.3 is 5.97 Å². The SMILES string of the molecule is CC(C)C[C@]1(Cc2ccccc2)C[C@@H](/C=N/NC(=O)CC[C@H](NC(=O)c2ccc(N(C)Cc3cnc4nc(N)nc(N)c4n3)cc2)C(=O)O)ON1CCO. The number of nitrogen functional groups attached to an aromatic ring is 2. The van der Waals surface area contributed by atoms with Crippen molar-refractivity contribution in [1.82, 2.24) is 35.7 Å². The van der Waals surface area contributed by atoms with Gasteiger partial charge in [0.1, 0.15) is 12.1 Å². The monoisotopic (exact) mass is 741 g/mol. The van der Waals surface area contributed by atoms with Crippen molar-refractivity contribution in [3.8, 4) is 0 Å². The molecule has 0 bridgehead atoms. The van der Waals surface area contributed by atoms with E-state index >= 15 is 0 Å². The van der Waals surface area contributed by atoms with Gasteiger partial charge < -0.3 is 31.9 Å². The number of carboxylic acid groups (broad SMARTS) is 1. The number of aliphatic hydroxyl groups is 1. The summed E-state index contributed by atoms with van der Waals surface area (Å²) in [4.78, 5) is 62.4. The number of nitrogens with one attached hydrogen (secondary N) is 2. The van der Waals surface area contributed by atoms with Crippen LogP contribution in [0.1, 0.15) is 61.1 Å². The normalized spacial score (nSPS) is 17.9. The molecule has 286 valence electrons. The number of nitrogens with zero attached hydrogens (tertiary/aromatic N) is 7. The minimum atomic E-state index is -1.31. The predicted molar refractivity (Wildman–Crippen MR) is 203 cm³/mol. The summed E-state index contributed by atoms with van der Waals surface area (Å²) < 4.78 is 0. The second-order valence-electron chi connectivity index (χ2n) is 13.8. The molecular formula is C37H47N11O6. The van der Waals surface area contributed by atoms with Gasteiger partial charge in [0.2, 0.25) is 11.9 Å². The van der Waals surface area contributed by atoms with Crippen molar-refractivity contribution < 1.29 is 29.4 Å². The number of rotatable bonds is 17. The molecular weight excluding hydrogens is 694 g/mol. The summed E-state index contributed by atoms with van der Waals surface area (Å²) in [6.07, 6.45) is 4.43. The Morgan fingerprint density at radius 3 is 2.54 bits per heavy atom. The highest BCUT2D eigenvalue weighted by Gasteiger charge is 2.46. The van der Waals surface area contributed by atoms with Crippen molar-refractivity contribution in [3.05, 3.63) is 77.6 Å². The molecule has 0 radical (unpaired) electrons. The summed E-state index contributed by atoms with van der Waals surface area (Å²) in [5, 5.41) is 28.0. The number of nitrogens with two attached hydrogens (primary N) is 2. The number of hydroxylamine groups is 2. The fraction of sp³-hybridized carbons (Fsp3) is 0.405. The number of hydrogen-bond donors (Lipinski definition) is 6. The van der Waals surface area contributed by atoms with Crippen LogP contribution in [0.3, 0.4) is 0 Å². The van der Waals surface area contributed by atoms with E-state index in [9.17, 15) is 24.6 Å². The first-order valence-corrected chi connectivity index (χ1v) is 17.7. The minimum Gasteiger partial charge on any atom is -0.480 e. The van der Waals surface area contributed by atoms with Crippen LogP contribution >= 0.6 is 0 Å². The molecule has 1 fully saturated rings. The van der Waals surface area contributed by atoms with Crippen LogP contribution in [0.5, 0.6) is 0 Å². The Kier molecular flexibility index (Phi) is 13.0. The number of β-amino-alcohol motifs (C(OH)–C–C–N with tert-alkyl or cyclic N) is 1. The number of amides is 2. The lowest BCUT2D eigenvalue weighted by atomic mass is 9.79. The van der Waals surface area contributed by atoms with Crippen molar-refractivity contribution in [2.45, 2.75) is 70.2 Å². The first-order chi connectivity index (χ1) is 25.9. The Labute approximate surface area is 312 Å². The number of benzene rings is 2. The van der Waals surface area contributed by atoms with E-state index in [1.165, 1.54) is 6.21 Å². The summed E-state index contributed by atoms with van der Waals surface area (Å²) in [5.74, 6) is -1.89. The summed E-state index contributed by atoms with van der Waals surface area (Å²) in [5.41, 5.74) is 17.0. The third-order valence-electron chi connectivity index (χ3n) is 9.00. The van der Waals surface area contributed by atoms with Gasteiger partial charge in [-0.3, -0.25) is 14.4 Å². The number of aliphatic hydroxyl groups excluding tert-OH is 1. The minimum absolute atomic E-state index is 0.00956. The number of anilines is 3. The highest BCUT2D eigenvalue weighted by molar-refractivity contribution is 5.97. The van der Waals surface area contributed by atoms with Crippen LogP contribution in [0.4, 0.5) is 17.5 Å². The fourth-order valence-corrected chi connectivity index (χ4v) is 6.69. The topological polar surface area (TPSA) is 247 Å². The maximum absolute atomic E-state index is 13.0. The molecule has 3 atom stereocenters. The Bertz CT molecular complexity index is 1950. The predicted octanol–water partition coefficient (Wildman–Crippen LogP) is 2.31. The molecule has 2 aromatic heterocycles. The maximum atomic E-state index is 13.0. The van der Waals surface area contributed by atoms with Crippen molar-refractivity contribution in [1.29, 1.82) is 0 Å². The number of fused-ring (bicyclic) bond motifs is 1. The quantitative estimate of drug-likeness (QED) is 0.0672. The summed E-state index contributed by atoms with van der Waals surface area (Å²) in [7, 11) is 1.83. The van der Waals surface area contributed by atoms with Gasteiger partial charge in [-0.2, -0.15) is 20.1 Å². The highest BCUT2D eigenvalue weighted by atomic mass is 16.7. The number of carbonyl (C=O) groups excluding carboxylic acids is 2. The lowest BCUT2D eigenvalue weighted by molar-refractivity contribution is -0.182. The zero-order chi connectivity index (χ0) is 38.8. The van der Waals surface area contributed by atoms with Gasteiger partial charge in [0.15, 0.2) is 17.0 Å². The van der Waals surface area contributed by atoms with Crippen LogP contribution in [0, 0.1) is 5.92 Å². The van der Waals surface area contributed by atoms with Crippen LogP contribution < -0.4 is 27.1 Å². The summed E-state index contributed by atoms with van der Waals surface area (Å²) in [6, 6.07) is 15.4. The largest absolute Gasteiger partial charge is 0.480 e. The molecule has 3 heterocycles. The highest BCUT2D eigenvalue weighted by Crippen LogP contribution is 2.39. The Morgan fingerprint density at radius 2 is 1.85 bits per heavy atom. The number of hydrazone groups is 1. The average molecular weight is 742 g/mol. The fourth-order valence-electron chi connectivity index (χ4n) is 6.69. The molecule has 8 N–H and O–H groups in total. The standard InChI is InChI=1S/C37H47N11O6/c1-23(2)17-37(18-24-7-5-4-6-8-24)19-28(54-48(37)15-16-49)21-41-46-30(50)14-13-29(35(52)53)43-34(51)25-9-11-27(12-10-25)47(3)22-26-20-40-33-31(42-26)32(38)44-36(39)45-33/h4-12,20-21,23,28-29,49H,13-19,22H2,1-3H3,(H,43,51)(H,46,50)(H,52,53)(H4,38,39,40,44,45)/b41-21+/t28-,29-,37-/m0/s1. The van der Waals surface area contributed by atoms with E-state index < -0.39 is 29.9 Å². The molecule has 54 heavy (non-hydrogen) atoms. The molecule has 4 aromatic rings. The average Bonchev–Trinajstić information content (AvgIpc) is 3.45. The van der Waals surface area contributed by atoms with Crippen molar-refractivity contribution in [2.75, 3.05) is 36.6 Å². The van der Waals surface area contributed by atoms with Crippen molar-refractivity contribution in [2.24, 2.45) is 11.0 Å². The van der Waals surface area contributed by atoms with Gasteiger partial charge in [-0.25, -0.2) is 20.2 Å². The van der Waals surface area contributed by atoms with E-state index in [1.54, 1.807) is 30.5 Å². The van der Waals surface area contributed by atoms with E-state index in [1.807, 2.05) is 35.2 Å². The lowest BCUT2D eigenvalue weighted by Gasteiger charge is -2.37. The van der Waals surface area contributed by atoms with Crippen LogP contribution in [0.15, 0.2) is 65.9 Å². The van der Waals surface area contributed by atoms with Crippen LogP contribution in [-0.4, -0.2) is 97.1 Å². The van der Waals surface area contributed by atoms with E-state index in [2.05, 4.69) is 61.8 Å². The number of hydrogen-bond acceptors (Lipinski definition) is 14. The third kappa shape index (κ3) is 10.2. The molecule has 1 aliphatic heterocycles. The van der Waals surface area contributed by atoms with Crippen molar-refractivity contribution >= 4 is 52.6 Å². The Hall–Kier alpha value is -5.78. The third-order valence-corrected chi connectivity index (χ3v) is 9.00. The van der Waals surface area contributed by atoms with Gasteiger partial charge in [0, 0.05) is 37.7 Å². The second-order valence-corrected chi connectivity index (χ2v) is 13.8. The van der Waals surface area contributed by atoms with Gasteiger partial charge in [-0.05, 0) is 55.0 Å². The molecule has 1 saturated heterocycles. The van der Waals surface area contributed by atoms with E-state index in [4.69, 9.17) is 16.3 Å². The van der Waals surface area contributed by atoms with Gasteiger partial charge in [0.05, 0.1) is 36.8 Å². The number of aliphatic carboxylic acids is 1. The van der Waals surface area contributed by atoms with E-state index in [-0.39, 0.29) is 42.3 Å². The zero-order valence-corrected chi connectivity index (χ0v) is 30.6. The Balaban J connectivity index is 1.12. The number of carboxylic acids is 1. The molecule has 1 aliphatic rings. The zero-order valence-electron chi connectivity index (χ0n) is 30.6. The van der Waals surface area contributed by atoms with Crippen LogP contribution in [0.2, 0.25) is 0 Å². The first-order valence-electron chi connectivity index (χ1n) is 17.7. The molecule has 0 spiro atoms. The number of aromatic nitrogens is 4. The Morgan fingerprint density at radius 1 is 1.11 bits per heavy atom. The van der Waals surface area contributed by atoms with Crippen LogP contribution in [0.25, 0.3) is 11.2 Å². The van der Waals surface area contributed by atoms with Crippen LogP contribution in [-0.2, 0) is 27.4 Å². The maximum Gasteiger partial charge on any atom is 0.326 e. The van der Waals surface area contributed by atoms with Gasteiger partial charge in [0.25, 0.3) is 5.91 Å². The second kappa shape index (κ2) is 17.8. The molecule has 2 aromatic carbocycles. The summed E-state index contributed by atoms with van der Waals surface area (Å²) in [6.45, 7) is 4.89. The van der Waals surface area contributed by atoms with E-state index in [0.29, 0.717) is 42.3 Å². The van der Waals surface area contributed by atoms with Crippen molar-refractivity contribution in [3.63, 3.8) is 0 Å².